The number of alkyl halides is 3. The highest BCUT2D eigenvalue weighted by Gasteiger charge is 2.46. The van der Waals surface area contributed by atoms with Gasteiger partial charge in [0.05, 0.1) is 17.7 Å². The third kappa shape index (κ3) is 3.33. The highest BCUT2D eigenvalue weighted by atomic mass is 19.4. The lowest BCUT2D eigenvalue weighted by atomic mass is 9.88. The first-order valence-corrected chi connectivity index (χ1v) is 7.91. The van der Waals surface area contributed by atoms with Crippen molar-refractivity contribution in [1.29, 1.82) is 0 Å². The molecule has 2 amide bonds. The van der Waals surface area contributed by atoms with Gasteiger partial charge in [0.15, 0.2) is 0 Å². The van der Waals surface area contributed by atoms with Gasteiger partial charge in [-0.05, 0) is 31.9 Å². The van der Waals surface area contributed by atoms with Crippen LogP contribution in [0.15, 0.2) is 12.1 Å². The summed E-state index contributed by atoms with van der Waals surface area (Å²) in [7, 11) is 1.56. The smallest absolute Gasteiger partial charge is 0.338 e. The van der Waals surface area contributed by atoms with E-state index in [1.807, 2.05) is 0 Å². The van der Waals surface area contributed by atoms with Crippen LogP contribution in [-0.2, 0) is 15.8 Å². The maximum atomic E-state index is 12.7. The maximum Gasteiger partial charge on any atom is 0.433 e. The maximum absolute atomic E-state index is 12.7. The number of pyridine rings is 1. The number of piperidine rings is 1. The minimum atomic E-state index is -4.54. The summed E-state index contributed by atoms with van der Waals surface area (Å²) in [5.74, 6) is -0.450. The number of carbonyl (C=O) groups excluding carboxylic acids is 2. The van der Waals surface area contributed by atoms with Gasteiger partial charge >= 0.3 is 6.18 Å². The quantitative estimate of drug-likeness (QED) is 0.773. The SMILES string of the molecule is Cc1nc(C(F)(F)F)ccc1C(=O)N1CCC2(CC1)CC(=O)N(C)O2. The van der Waals surface area contributed by atoms with Crippen LogP contribution in [0.2, 0.25) is 0 Å². The molecule has 0 aromatic carbocycles. The lowest BCUT2D eigenvalue weighted by molar-refractivity contribution is -0.197. The molecule has 3 heterocycles. The van der Waals surface area contributed by atoms with Crippen LogP contribution < -0.4 is 0 Å². The van der Waals surface area contributed by atoms with Gasteiger partial charge in [0.2, 0.25) is 5.91 Å². The van der Waals surface area contributed by atoms with E-state index in [1.165, 1.54) is 18.1 Å². The Hall–Kier alpha value is -2.16. The molecule has 0 bridgehead atoms. The number of nitrogens with zero attached hydrogens (tertiary/aromatic N) is 3. The van der Waals surface area contributed by atoms with Crippen LogP contribution in [0, 0.1) is 6.92 Å². The molecule has 2 aliphatic rings. The van der Waals surface area contributed by atoms with E-state index in [4.69, 9.17) is 4.84 Å². The summed E-state index contributed by atoms with van der Waals surface area (Å²) in [6.07, 6.45) is -3.25. The Morgan fingerprint density at radius 1 is 1.28 bits per heavy atom. The average Bonchev–Trinajstić information content (AvgIpc) is 2.80. The van der Waals surface area contributed by atoms with Gasteiger partial charge in [-0.2, -0.15) is 13.2 Å². The summed E-state index contributed by atoms with van der Waals surface area (Å²) in [5, 5.41) is 1.22. The van der Waals surface area contributed by atoms with Gasteiger partial charge in [0.25, 0.3) is 5.91 Å². The fourth-order valence-electron chi connectivity index (χ4n) is 3.26. The summed E-state index contributed by atoms with van der Waals surface area (Å²) in [6, 6.07) is 1.99. The minimum absolute atomic E-state index is 0.0483. The Morgan fingerprint density at radius 3 is 2.40 bits per heavy atom. The van der Waals surface area contributed by atoms with Crippen molar-refractivity contribution in [2.24, 2.45) is 0 Å². The van der Waals surface area contributed by atoms with E-state index < -0.39 is 17.5 Å². The normalized spacial score (nSPS) is 20.4. The van der Waals surface area contributed by atoms with E-state index in [0.717, 1.165) is 6.07 Å². The average molecular weight is 357 g/mol. The molecule has 2 saturated heterocycles. The zero-order valence-corrected chi connectivity index (χ0v) is 13.9. The Morgan fingerprint density at radius 2 is 1.92 bits per heavy atom. The zero-order chi connectivity index (χ0) is 18.4. The van der Waals surface area contributed by atoms with Gasteiger partial charge in [0, 0.05) is 20.1 Å². The predicted molar refractivity (Wildman–Crippen MR) is 80.3 cm³/mol. The van der Waals surface area contributed by atoms with Crippen molar-refractivity contribution in [3.8, 4) is 0 Å². The van der Waals surface area contributed by atoms with E-state index in [1.54, 1.807) is 11.9 Å². The van der Waals surface area contributed by atoms with Crippen LogP contribution in [0.3, 0.4) is 0 Å². The number of rotatable bonds is 1. The lowest BCUT2D eigenvalue weighted by Crippen LogP contribution is -2.47. The number of aromatic nitrogens is 1. The van der Waals surface area contributed by atoms with Crippen molar-refractivity contribution in [3.63, 3.8) is 0 Å². The van der Waals surface area contributed by atoms with Crippen LogP contribution in [0.4, 0.5) is 13.2 Å². The van der Waals surface area contributed by atoms with E-state index in [-0.39, 0.29) is 29.5 Å². The lowest BCUT2D eigenvalue weighted by Gasteiger charge is -2.37. The summed E-state index contributed by atoms with van der Waals surface area (Å²) in [6.45, 7) is 2.14. The number of carbonyl (C=O) groups is 2. The standard InChI is InChI=1S/C16H18F3N3O3/c1-10-11(3-4-12(20-10)16(17,18)19)14(24)22-7-5-15(6-8-22)9-13(23)21(2)25-15/h3-4H,5-9H2,1-2H3. The Labute approximate surface area is 142 Å². The molecule has 0 radical (unpaired) electrons. The molecule has 9 heteroatoms. The number of halogens is 3. The minimum Gasteiger partial charge on any atom is -0.338 e. The molecule has 2 aliphatic heterocycles. The second-order valence-electron chi connectivity index (χ2n) is 6.46. The summed E-state index contributed by atoms with van der Waals surface area (Å²) in [4.78, 5) is 35.0. The van der Waals surface area contributed by atoms with Crippen molar-refractivity contribution < 1.29 is 27.6 Å². The van der Waals surface area contributed by atoms with E-state index in [2.05, 4.69) is 4.98 Å². The van der Waals surface area contributed by atoms with E-state index in [9.17, 15) is 22.8 Å². The van der Waals surface area contributed by atoms with Crippen molar-refractivity contribution in [3.05, 3.63) is 29.1 Å². The van der Waals surface area contributed by atoms with Gasteiger partial charge < -0.3 is 4.90 Å². The third-order valence-corrected chi connectivity index (χ3v) is 4.72. The predicted octanol–water partition coefficient (Wildman–Crippen LogP) is 2.18. The van der Waals surface area contributed by atoms with Gasteiger partial charge in [-0.25, -0.2) is 10.0 Å². The molecule has 0 aliphatic carbocycles. The van der Waals surface area contributed by atoms with Crippen molar-refractivity contribution >= 4 is 11.8 Å². The molecule has 0 unspecified atom stereocenters. The van der Waals surface area contributed by atoms with Crippen LogP contribution in [0.25, 0.3) is 0 Å². The molecular formula is C16H18F3N3O3. The number of hydrogen-bond donors (Lipinski definition) is 0. The van der Waals surface area contributed by atoms with Crippen LogP contribution >= 0.6 is 0 Å². The first kappa shape index (κ1) is 17.7. The van der Waals surface area contributed by atoms with Crippen molar-refractivity contribution in [2.75, 3.05) is 20.1 Å². The Kier molecular flexibility index (Phi) is 4.22. The highest BCUT2D eigenvalue weighted by Crippen LogP contribution is 2.36. The van der Waals surface area contributed by atoms with E-state index in [0.29, 0.717) is 25.9 Å². The first-order valence-electron chi connectivity index (χ1n) is 7.91. The number of amides is 2. The molecule has 2 fully saturated rings. The molecule has 25 heavy (non-hydrogen) atoms. The van der Waals surface area contributed by atoms with Gasteiger partial charge in [-0.3, -0.25) is 14.4 Å². The molecule has 1 aromatic heterocycles. The molecule has 1 aromatic rings. The van der Waals surface area contributed by atoms with Gasteiger partial charge in [-0.15, -0.1) is 0 Å². The number of likely N-dealkylation sites (tertiary alicyclic amines) is 1. The number of hydroxylamine groups is 2. The van der Waals surface area contributed by atoms with Crippen molar-refractivity contribution in [1.82, 2.24) is 14.9 Å². The first-order chi connectivity index (χ1) is 11.6. The molecule has 0 N–H and O–H groups in total. The van der Waals surface area contributed by atoms with Crippen LogP contribution in [0.1, 0.15) is 41.0 Å². The monoisotopic (exact) mass is 357 g/mol. The Balaban J connectivity index is 1.70. The topological polar surface area (TPSA) is 62.7 Å². The van der Waals surface area contributed by atoms with Crippen LogP contribution in [0.5, 0.6) is 0 Å². The highest BCUT2D eigenvalue weighted by molar-refractivity contribution is 5.95. The summed E-state index contributed by atoms with van der Waals surface area (Å²) in [5.41, 5.74) is -1.38. The van der Waals surface area contributed by atoms with Crippen molar-refractivity contribution in [2.45, 2.75) is 38.0 Å². The summed E-state index contributed by atoms with van der Waals surface area (Å²) < 4.78 is 38.1. The second-order valence-corrected chi connectivity index (χ2v) is 6.46. The molecule has 136 valence electrons. The fourth-order valence-corrected chi connectivity index (χ4v) is 3.26. The molecule has 1 spiro atoms. The molecule has 0 saturated carbocycles. The third-order valence-electron chi connectivity index (χ3n) is 4.72. The fraction of sp³-hybridized carbons (Fsp3) is 0.562. The second kappa shape index (κ2) is 5.98. The Bertz CT molecular complexity index is 712. The zero-order valence-electron chi connectivity index (χ0n) is 13.9. The van der Waals surface area contributed by atoms with E-state index >= 15 is 0 Å². The molecular weight excluding hydrogens is 339 g/mol. The molecule has 0 atom stereocenters. The number of aryl methyl sites for hydroxylation is 1. The number of hydrogen-bond acceptors (Lipinski definition) is 4. The summed E-state index contributed by atoms with van der Waals surface area (Å²) >= 11 is 0. The molecule has 3 rings (SSSR count). The molecule has 6 nitrogen and oxygen atoms in total. The van der Waals surface area contributed by atoms with Crippen LogP contribution in [-0.4, -0.2) is 52.5 Å². The van der Waals surface area contributed by atoms with Gasteiger partial charge in [-0.1, -0.05) is 0 Å². The van der Waals surface area contributed by atoms with Gasteiger partial charge in [0.1, 0.15) is 11.3 Å². The largest absolute Gasteiger partial charge is 0.433 e.